The summed E-state index contributed by atoms with van der Waals surface area (Å²) in [7, 11) is 0. The first kappa shape index (κ1) is 17.3. The van der Waals surface area contributed by atoms with Crippen molar-refractivity contribution in [3.63, 3.8) is 0 Å². The zero-order valence-corrected chi connectivity index (χ0v) is 15.6. The minimum atomic E-state index is 0.766. The van der Waals surface area contributed by atoms with Crippen LogP contribution in [0.25, 0.3) is 10.8 Å². The third kappa shape index (κ3) is 3.86. The largest absolute Gasteiger partial charge is 0.276 e. The normalized spacial score (nSPS) is 10.9. The second-order valence-corrected chi connectivity index (χ2v) is 6.67. The van der Waals surface area contributed by atoms with E-state index in [0.717, 1.165) is 24.3 Å². The molecule has 4 rings (SSSR count). The number of rotatable bonds is 6. The van der Waals surface area contributed by atoms with E-state index in [9.17, 15) is 0 Å². The maximum Gasteiger partial charge on any atom is 0.0656 e. The number of nitrogens with zero attached hydrogens (tertiary/aromatic N) is 1. The molecule has 4 aromatic carbocycles. The Morgan fingerprint density at radius 1 is 0.667 bits per heavy atom. The number of hydrazine groups is 1. The van der Waals surface area contributed by atoms with Crippen LogP contribution in [0.3, 0.4) is 0 Å². The van der Waals surface area contributed by atoms with Crippen molar-refractivity contribution in [2.24, 2.45) is 0 Å². The molecule has 0 aliphatic carbocycles. The average molecular weight is 352 g/mol. The average Bonchev–Trinajstić information content (AvgIpc) is 2.75. The lowest BCUT2D eigenvalue weighted by Gasteiger charge is -2.27. The van der Waals surface area contributed by atoms with E-state index >= 15 is 0 Å². The van der Waals surface area contributed by atoms with Gasteiger partial charge in [-0.1, -0.05) is 85.8 Å². The highest BCUT2D eigenvalue weighted by molar-refractivity contribution is 5.95. The lowest BCUT2D eigenvalue weighted by atomic mass is 10.1. The van der Waals surface area contributed by atoms with Crippen molar-refractivity contribution < 1.29 is 0 Å². The van der Waals surface area contributed by atoms with Gasteiger partial charge in [-0.25, -0.2) is 5.43 Å². The van der Waals surface area contributed by atoms with Crippen LogP contribution < -0.4 is 10.4 Å². The third-order valence-corrected chi connectivity index (χ3v) is 4.89. The highest BCUT2D eigenvalue weighted by Gasteiger charge is 2.12. The molecule has 0 spiro atoms. The maximum absolute atomic E-state index is 3.63. The van der Waals surface area contributed by atoms with Crippen LogP contribution in [0.2, 0.25) is 0 Å². The van der Waals surface area contributed by atoms with Crippen LogP contribution in [0.4, 0.5) is 11.4 Å². The molecule has 0 bridgehead atoms. The third-order valence-electron chi connectivity index (χ3n) is 4.89. The molecule has 0 saturated carbocycles. The second-order valence-electron chi connectivity index (χ2n) is 6.67. The minimum Gasteiger partial charge on any atom is -0.276 e. The van der Waals surface area contributed by atoms with Crippen molar-refractivity contribution in [1.29, 1.82) is 0 Å². The van der Waals surface area contributed by atoms with E-state index in [-0.39, 0.29) is 0 Å². The number of hydrogen-bond acceptors (Lipinski definition) is 2. The summed E-state index contributed by atoms with van der Waals surface area (Å²) in [5.41, 5.74) is 8.55. The zero-order chi connectivity index (χ0) is 18.5. The summed E-state index contributed by atoms with van der Waals surface area (Å²) < 4.78 is 0. The van der Waals surface area contributed by atoms with Gasteiger partial charge in [0.1, 0.15) is 0 Å². The summed E-state index contributed by atoms with van der Waals surface area (Å²) in [6.07, 6.45) is 1.07. The molecule has 1 N–H and O–H groups in total. The van der Waals surface area contributed by atoms with Crippen LogP contribution in [-0.4, -0.2) is 0 Å². The topological polar surface area (TPSA) is 15.3 Å². The van der Waals surface area contributed by atoms with Gasteiger partial charge in [-0.05, 0) is 41.1 Å². The van der Waals surface area contributed by atoms with Crippen LogP contribution >= 0.6 is 0 Å². The Balaban J connectivity index is 1.69. The second kappa shape index (κ2) is 8.07. The lowest BCUT2D eigenvalue weighted by Crippen LogP contribution is -2.33. The van der Waals surface area contributed by atoms with Crippen LogP contribution in [0.5, 0.6) is 0 Å². The summed E-state index contributed by atoms with van der Waals surface area (Å²) in [4.78, 5) is 0. The van der Waals surface area contributed by atoms with Gasteiger partial charge in [0.25, 0.3) is 0 Å². The van der Waals surface area contributed by atoms with Crippen molar-refractivity contribution >= 4 is 22.1 Å². The predicted octanol–water partition coefficient (Wildman–Crippen LogP) is 6.25. The number of benzene rings is 4. The molecule has 2 nitrogen and oxygen atoms in total. The number of hydrogen-bond donors (Lipinski definition) is 1. The fraction of sp³-hybridized carbons (Fsp3) is 0.120. The van der Waals surface area contributed by atoms with Gasteiger partial charge in [0.2, 0.25) is 0 Å². The summed E-state index contributed by atoms with van der Waals surface area (Å²) >= 11 is 0. The molecular weight excluding hydrogens is 328 g/mol. The van der Waals surface area contributed by atoms with Gasteiger partial charge in [0.15, 0.2) is 0 Å². The van der Waals surface area contributed by atoms with Gasteiger partial charge in [0, 0.05) is 11.9 Å². The molecule has 0 aromatic heterocycles. The standard InChI is InChI=1S/C25H24N2/c1-2-20-15-17-21(18-16-20)19-26-27(23-11-4-3-5-12-23)25-14-8-10-22-9-6-7-13-24(22)25/h3-18,26H,2,19H2,1H3. The number of aryl methyl sites for hydroxylation is 1. The predicted molar refractivity (Wildman–Crippen MR) is 115 cm³/mol. The fourth-order valence-electron chi connectivity index (χ4n) is 3.36. The van der Waals surface area contributed by atoms with Crippen molar-refractivity contribution in [3.8, 4) is 0 Å². The first-order chi connectivity index (χ1) is 13.3. The van der Waals surface area contributed by atoms with E-state index in [1.54, 1.807) is 0 Å². The van der Waals surface area contributed by atoms with Gasteiger partial charge in [-0.2, -0.15) is 0 Å². The van der Waals surface area contributed by atoms with Crippen molar-refractivity contribution in [3.05, 3.63) is 108 Å². The van der Waals surface area contributed by atoms with Gasteiger partial charge in [-0.15, -0.1) is 0 Å². The lowest BCUT2D eigenvalue weighted by molar-refractivity contribution is 0.709. The smallest absolute Gasteiger partial charge is 0.0656 e. The minimum absolute atomic E-state index is 0.766. The number of nitrogens with one attached hydrogen (secondary N) is 1. The molecule has 2 heteroatoms. The summed E-state index contributed by atoms with van der Waals surface area (Å²) in [5.74, 6) is 0. The maximum atomic E-state index is 3.63. The van der Waals surface area contributed by atoms with Gasteiger partial charge < -0.3 is 0 Å². The molecule has 0 amide bonds. The van der Waals surface area contributed by atoms with E-state index < -0.39 is 0 Å². The van der Waals surface area contributed by atoms with Crippen molar-refractivity contribution in [1.82, 2.24) is 5.43 Å². The first-order valence-corrected chi connectivity index (χ1v) is 9.49. The molecule has 0 aliphatic heterocycles. The number of para-hydroxylation sites is 1. The van der Waals surface area contributed by atoms with Crippen molar-refractivity contribution in [2.45, 2.75) is 19.9 Å². The Morgan fingerprint density at radius 2 is 1.33 bits per heavy atom. The summed E-state index contributed by atoms with van der Waals surface area (Å²) in [5, 5.41) is 4.67. The Hall–Kier alpha value is -3.10. The SMILES string of the molecule is CCc1ccc(CNN(c2ccccc2)c2cccc3ccccc23)cc1. The van der Waals surface area contributed by atoms with Crippen LogP contribution in [0.15, 0.2) is 97.1 Å². The Labute approximate surface area is 161 Å². The Morgan fingerprint density at radius 3 is 2.11 bits per heavy atom. The number of fused-ring (bicyclic) bond motifs is 1. The van der Waals surface area contributed by atoms with E-state index in [2.05, 4.69) is 108 Å². The van der Waals surface area contributed by atoms with E-state index in [1.807, 2.05) is 6.07 Å². The first-order valence-electron chi connectivity index (χ1n) is 9.49. The highest BCUT2D eigenvalue weighted by Crippen LogP contribution is 2.30. The summed E-state index contributed by atoms with van der Waals surface area (Å²) in [6, 6.07) is 34.3. The van der Waals surface area contributed by atoms with Gasteiger partial charge in [-0.3, -0.25) is 5.01 Å². The molecule has 0 radical (unpaired) electrons. The van der Waals surface area contributed by atoms with E-state index in [0.29, 0.717) is 0 Å². The monoisotopic (exact) mass is 352 g/mol. The highest BCUT2D eigenvalue weighted by atomic mass is 15.5. The molecule has 0 aliphatic rings. The Bertz CT molecular complexity index is 1000. The molecule has 0 atom stereocenters. The van der Waals surface area contributed by atoms with E-state index in [4.69, 9.17) is 0 Å². The van der Waals surface area contributed by atoms with Gasteiger partial charge >= 0.3 is 0 Å². The molecule has 27 heavy (non-hydrogen) atoms. The molecule has 0 unspecified atom stereocenters. The number of anilines is 2. The molecular formula is C25H24N2. The van der Waals surface area contributed by atoms with Gasteiger partial charge in [0.05, 0.1) is 11.4 Å². The fourth-order valence-corrected chi connectivity index (χ4v) is 3.36. The van der Waals surface area contributed by atoms with Crippen molar-refractivity contribution in [2.75, 3.05) is 5.01 Å². The summed E-state index contributed by atoms with van der Waals surface area (Å²) in [6.45, 7) is 2.95. The molecule has 0 saturated heterocycles. The van der Waals surface area contributed by atoms with Crippen LogP contribution in [0.1, 0.15) is 18.1 Å². The molecule has 0 fully saturated rings. The van der Waals surface area contributed by atoms with E-state index in [1.165, 1.54) is 21.9 Å². The Kier molecular flexibility index (Phi) is 5.17. The molecule has 134 valence electrons. The van der Waals surface area contributed by atoms with Crippen LogP contribution in [-0.2, 0) is 13.0 Å². The quantitative estimate of drug-likeness (QED) is 0.413. The zero-order valence-electron chi connectivity index (χ0n) is 15.6. The molecule has 4 aromatic rings. The van der Waals surface area contributed by atoms with Crippen LogP contribution in [0, 0.1) is 0 Å². The molecule has 0 heterocycles.